The van der Waals surface area contributed by atoms with Crippen LogP contribution in [0.1, 0.15) is 48.6 Å². The molecule has 0 aliphatic heterocycles. The van der Waals surface area contributed by atoms with Gasteiger partial charge in [0.15, 0.2) is 0 Å². The van der Waals surface area contributed by atoms with Crippen LogP contribution in [-0.2, 0) is 24.4 Å². The fourth-order valence-corrected chi connectivity index (χ4v) is 5.45. The van der Waals surface area contributed by atoms with Gasteiger partial charge in [-0.15, -0.1) is 0 Å². The van der Waals surface area contributed by atoms with Crippen molar-refractivity contribution in [1.29, 1.82) is 0 Å². The maximum atomic E-state index is 12.9. The van der Waals surface area contributed by atoms with E-state index in [0.717, 1.165) is 72.2 Å². The molecule has 198 valence electrons. The molecule has 1 amide bonds. The maximum Gasteiger partial charge on any atom is 0.416 e. The molecule has 4 aromatic rings. The van der Waals surface area contributed by atoms with Crippen molar-refractivity contribution >= 4 is 22.6 Å². The van der Waals surface area contributed by atoms with Crippen LogP contribution in [0.15, 0.2) is 66.7 Å². The molecule has 1 saturated carbocycles. The summed E-state index contributed by atoms with van der Waals surface area (Å²) in [6.45, 7) is 0.560. The minimum absolute atomic E-state index is 0.135. The number of alkyl halides is 3. The van der Waals surface area contributed by atoms with Crippen molar-refractivity contribution in [3.05, 3.63) is 83.7 Å². The van der Waals surface area contributed by atoms with Gasteiger partial charge in [0.25, 0.3) is 0 Å². The van der Waals surface area contributed by atoms with Gasteiger partial charge in [0, 0.05) is 25.1 Å². The van der Waals surface area contributed by atoms with E-state index in [0.29, 0.717) is 12.2 Å². The van der Waals surface area contributed by atoms with Crippen LogP contribution in [0.5, 0.6) is 0 Å². The third kappa shape index (κ3) is 5.45. The summed E-state index contributed by atoms with van der Waals surface area (Å²) in [6.07, 6.45) is -0.229. The molecule has 1 aliphatic rings. The molecular formula is C30H31F3N4O. The van der Waals surface area contributed by atoms with Gasteiger partial charge in [-0.05, 0) is 84.8 Å². The molecule has 2 atom stereocenters. The monoisotopic (exact) mass is 520 g/mol. The number of carbonyl (C=O) groups is 1. The Bertz CT molecular complexity index is 1430. The predicted molar refractivity (Wildman–Crippen MR) is 144 cm³/mol. The molecule has 0 saturated heterocycles. The minimum atomic E-state index is -4.39. The number of halogens is 3. The van der Waals surface area contributed by atoms with E-state index in [2.05, 4.69) is 52.3 Å². The number of nitrogens with two attached hydrogens (primary N) is 1. The molecule has 5 rings (SSSR count). The molecule has 1 aliphatic carbocycles. The normalized spacial score (nSPS) is 18.0. The molecule has 8 heteroatoms. The van der Waals surface area contributed by atoms with E-state index in [1.807, 2.05) is 7.05 Å². The third-order valence-corrected chi connectivity index (χ3v) is 7.58. The molecule has 0 bridgehead atoms. The Labute approximate surface area is 219 Å². The molecule has 38 heavy (non-hydrogen) atoms. The number of hydrogen-bond donors (Lipinski definition) is 2. The highest BCUT2D eigenvalue weighted by atomic mass is 19.4. The van der Waals surface area contributed by atoms with Gasteiger partial charge in [0.05, 0.1) is 16.6 Å². The van der Waals surface area contributed by atoms with Gasteiger partial charge in [-0.1, -0.05) is 36.8 Å². The van der Waals surface area contributed by atoms with E-state index >= 15 is 0 Å². The fourth-order valence-electron chi connectivity index (χ4n) is 5.45. The van der Waals surface area contributed by atoms with Crippen LogP contribution in [0.2, 0.25) is 0 Å². The summed E-state index contributed by atoms with van der Waals surface area (Å²) < 4.78 is 40.5. The van der Waals surface area contributed by atoms with Crippen molar-refractivity contribution in [2.75, 3.05) is 11.9 Å². The van der Waals surface area contributed by atoms with Gasteiger partial charge in [-0.3, -0.25) is 4.79 Å². The van der Waals surface area contributed by atoms with Crippen molar-refractivity contribution in [3.63, 3.8) is 0 Å². The zero-order valence-corrected chi connectivity index (χ0v) is 21.3. The number of benzene rings is 3. The van der Waals surface area contributed by atoms with Crippen molar-refractivity contribution in [3.8, 4) is 11.1 Å². The summed E-state index contributed by atoms with van der Waals surface area (Å²) in [4.78, 5) is 17.6. The number of imidazole rings is 1. The summed E-state index contributed by atoms with van der Waals surface area (Å²) in [7, 11) is 2.01. The number of amides is 1. The number of fused-ring (bicyclic) bond motifs is 1. The van der Waals surface area contributed by atoms with E-state index in [1.54, 1.807) is 0 Å². The van der Waals surface area contributed by atoms with Crippen LogP contribution < -0.4 is 11.1 Å². The van der Waals surface area contributed by atoms with Crippen molar-refractivity contribution in [2.45, 2.75) is 44.2 Å². The SMILES string of the molecule is Cn1c(CCN)nc2cc(-c3ccc(C4CCCC(C(=O)Nc5ccc(C(F)(F)F)cc5)C4)cc3)ccc21. The first-order valence-electron chi connectivity index (χ1n) is 13.0. The summed E-state index contributed by atoms with van der Waals surface area (Å²) in [5, 5.41) is 2.80. The quantitative estimate of drug-likeness (QED) is 0.298. The highest BCUT2D eigenvalue weighted by Gasteiger charge is 2.31. The summed E-state index contributed by atoms with van der Waals surface area (Å²) >= 11 is 0. The van der Waals surface area contributed by atoms with Crippen LogP contribution >= 0.6 is 0 Å². The average molecular weight is 521 g/mol. The lowest BCUT2D eigenvalue weighted by atomic mass is 9.77. The molecule has 0 radical (unpaired) electrons. The lowest BCUT2D eigenvalue weighted by molar-refractivity contribution is -0.137. The first kappa shape index (κ1) is 26.0. The molecule has 3 N–H and O–H groups in total. The highest BCUT2D eigenvalue weighted by molar-refractivity contribution is 5.92. The molecule has 2 unspecified atom stereocenters. The van der Waals surface area contributed by atoms with E-state index in [4.69, 9.17) is 10.7 Å². The molecular weight excluding hydrogens is 489 g/mol. The lowest BCUT2D eigenvalue weighted by Gasteiger charge is -2.29. The van der Waals surface area contributed by atoms with Crippen LogP contribution in [0.3, 0.4) is 0 Å². The molecule has 1 fully saturated rings. The number of nitrogens with zero attached hydrogens (tertiary/aromatic N) is 2. The Hall–Kier alpha value is -3.65. The van der Waals surface area contributed by atoms with Crippen LogP contribution in [-0.4, -0.2) is 22.0 Å². The third-order valence-electron chi connectivity index (χ3n) is 7.58. The smallest absolute Gasteiger partial charge is 0.331 e. The molecule has 1 heterocycles. The topological polar surface area (TPSA) is 72.9 Å². The van der Waals surface area contributed by atoms with Crippen molar-refractivity contribution < 1.29 is 18.0 Å². The Morgan fingerprint density at radius 1 is 1.03 bits per heavy atom. The Morgan fingerprint density at radius 2 is 1.74 bits per heavy atom. The van der Waals surface area contributed by atoms with Gasteiger partial charge >= 0.3 is 6.18 Å². The second-order valence-corrected chi connectivity index (χ2v) is 10.1. The number of aryl methyl sites for hydroxylation is 1. The first-order chi connectivity index (χ1) is 18.2. The molecule has 1 aromatic heterocycles. The predicted octanol–water partition coefficient (Wildman–Crippen LogP) is 6.67. The Balaban J connectivity index is 1.25. The Kier molecular flexibility index (Phi) is 7.25. The van der Waals surface area contributed by atoms with E-state index in [-0.39, 0.29) is 17.7 Å². The number of anilines is 1. The van der Waals surface area contributed by atoms with Gasteiger partial charge in [0.2, 0.25) is 5.91 Å². The van der Waals surface area contributed by atoms with Crippen LogP contribution in [0, 0.1) is 5.92 Å². The number of aromatic nitrogens is 2. The van der Waals surface area contributed by atoms with Crippen LogP contribution in [0.4, 0.5) is 18.9 Å². The Morgan fingerprint density at radius 3 is 2.42 bits per heavy atom. The van der Waals surface area contributed by atoms with Crippen molar-refractivity contribution in [1.82, 2.24) is 9.55 Å². The number of carbonyl (C=O) groups excluding carboxylic acids is 1. The molecule has 0 spiro atoms. The fraction of sp³-hybridized carbons (Fsp3) is 0.333. The van der Waals surface area contributed by atoms with Gasteiger partial charge in [0.1, 0.15) is 5.82 Å². The standard InChI is InChI=1S/C30H31F3N4O/c1-37-27-14-9-22(18-26(27)36-28(37)15-16-34)20-7-5-19(6-8-20)21-3-2-4-23(17-21)29(38)35-25-12-10-24(11-13-25)30(31,32)33/h5-14,18,21,23H,2-4,15-17,34H2,1H3,(H,35,38). The number of nitrogens with one attached hydrogen (secondary N) is 1. The average Bonchev–Trinajstić information content (AvgIpc) is 3.23. The highest BCUT2D eigenvalue weighted by Crippen LogP contribution is 2.38. The van der Waals surface area contributed by atoms with E-state index < -0.39 is 11.7 Å². The zero-order chi connectivity index (χ0) is 26.9. The lowest BCUT2D eigenvalue weighted by Crippen LogP contribution is -2.27. The summed E-state index contributed by atoms with van der Waals surface area (Å²) in [6, 6.07) is 19.4. The summed E-state index contributed by atoms with van der Waals surface area (Å²) in [5.41, 5.74) is 10.8. The molecule has 5 nitrogen and oxygen atoms in total. The minimum Gasteiger partial charge on any atom is -0.331 e. The first-order valence-corrected chi connectivity index (χ1v) is 13.0. The van der Waals surface area contributed by atoms with Crippen LogP contribution in [0.25, 0.3) is 22.2 Å². The van der Waals surface area contributed by atoms with Gasteiger partial charge < -0.3 is 15.6 Å². The largest absolute Gasteiger partial charge is 0.416 e. The summed E-state index contributed by atoms with van der Waals surface area (Å²) in [5.74, 6) is 0.927. The maximum absolute atomic E-state index is 12.9. The van der Waals surface area contributed by atoms with Gasteiger partial charge in [-0.2, -0.15) is 13.2 Å². The van der Waals surface area contributed by atoms with E-state index in [9.17, 15) is 18.0 Å². The second-order valence-electron chi connectivity index (χ2n) is 10.1. The van der Waals surface area contributed by atoms with E-state index in [1.165, 1.54) is 17.7 Å². The number of hydrogen-bond acceptors (Lipinski definition) is 3. The van der Waals surface area contributed by atoms with Crippen molar-refractivity contribution in [2.24, 2.45) is 18.7 Å². The molecule has 3 aromatic carbocycles. The van der Waals surface area contributed by atoms with Gasteiger partial charge in [-0.25, -0.2) is 4.98 Å². The number of rotatable bonds is 6. The zero-order valence-electron chi connectivity index (χ0n) is 21.3. The second kappa shape index (κ2) is 10.6.